The Hall–Kier alpha value is -3.35. The first kappa shape index (κ1) is 21.0. The highest BCUT2D eigenvalue weighted by Crippen LogP contribution is 2.24. The maximum atomic E-state index is 11.9. The third-order valence-electron chi connectivity index (χ3n) is 3.75. The third kappa shape index (κ3) is 6.75. The van der Waals surface area contributed by atoms with Gasteiger partial charge >= 0.3 is 0 Å². The van der Waals surface area contributed by atoms with Crippen LogP contribution in [0.15, 0.2) is 53.6 Å². The lowest BCUT2D eigenvalue weighted by Gasteiger charge is -2.19. The normalized spacial score (nSPS) is 11.2. The lowest BCUT2D eigenvalue weighted by molar-refractivity contribution is -0.307. The zero-order valence-electron chi connectivity index (χ0n) is 16.1. The van der Waals surface area contributed by atoms with Crippen LogP contribution in [0.25, 0.3) is 0 Å². The number of hydrazone groups is 1. The number of hydrogen-bond acceptors (Lipinski definition) is 6. The number of nitrogens with one attached hydrogen (secondary N) is 1. The maximum Gasteiger partial charge on any atom is 0.277 e. The van der Waals surface area contributed by atoms with Gasteiger partial charge in [0.2, 0.25) is 0 Å². The summed E-state index contributed by atoms with van der Waals surface area (Å²) in [6.07, 6.45) is 1.36. The molecule has 0 saturated carbocycles. The third-order valence-corrected chi connectivity index (χ3v) is 3.75. The monoisotopic (exact) mass is 383 g/mol. The van der Waals surface area contributed by atoms with Gasteiger partial charge in [-0.1, -0.05) is 45.0 Å². The second-order valence-electron chi connectivity index (χ2n) is 7.05. The molecule has 0 heterocycles. The summed E-state index contributed by atoms with van der Waals surface area (Å²) in [6.45, 7) is 5.61. The van der Waals surface area contributed by atoms with Gasteiger partial charge in [0, 0.05) is 5.56 Å². The molecule has 0 saturated heterocycles. The Kier molecular flexibility index (Phi) is 7.14. The summed E-state index contributed by atoms with van der Waals surface area (Å²) in [5.74, 6) is -0.843. The van der Waals surface area contributed by atoms with Gasteiger partial charge in [0.1, 0.15) is 18.1 Å². The molecule has 0 aliphatic carbocycles. The van der Waals surface area contributed by atoms with E-state index in [0.717, 1.165) is 0 Å². The molecule has 0 spiro atoms. The van der Waals surface area contributed by atoms with E-state index in [4.69, 9.17) is 9.47 Å². The number of carboxylic acids is 1. The van der Waals surface area contributed by atoms with Crippen LogP contribution in [-0.2, 0) is 15.0 Å². The molecule has 2 rings (SSSR count). The van der Waals surface area contributed by atoms with Crippen molar-refractivity contribution < 1.29 is 24.2 Å². The summed E-state index contributed by atoms with van der Waals surface area (Å²) in [5, 5.41) is 14.3. The van der Waals surface area contributed by atoms with Crippen LogP contribution in [0.1, 0.15) is 31.9 Å². The number of carboxylic acid groups (broad SMARTS) is 1. The van der Waals surface area contributed by atoms with E-state index in [0.29, 0.717) is 17.1 Å². The minimum atomic E-state index is -1.33. The zero-order valence-corrected chi connectivity index (χ0v) is 16.1. The summed E-state index contributed by atoms with van der Waals surface area (Å²) in [5.41, 5.74) is 4.09. The molecule has 0 fully saturated rings. The van der Waals surface area contributed by atoms with Crippen LogP contribution >= 0.6 is 0 Å². The minimum Gasteiger partial charge on any atom is -0.546 e. The number of rotatable bonds is 8. The Bertz CT molecular complexity index is 839. The van der Waals surface area contributed by atoms with Crippen molar-refractivity contribution >= 4 is 18.1 Å². The first-order valence-electron chi connectivity index (χ1n) is 8.72. The van der Waals surface area contributed by atoms with Gasteiger partial charge in [0.05, 0.1) is 12.2 Å². The zero-order chi connectivity index (χ0) is 20.6. The fraction of sp³-hybridized carbons (Fsp3) is 0.286. The van der Waals surface area contributed by atoms with Crippen molar-refractivity contribution in [2.24, 2.45) is 5.10 Å². The van der Waals surface area contributed by atoms with Gasteiger partial charge in [-0.05, 0) is 35.2 Å². The molecular weight excluding hydrogens is 360 g/mol. The molecule has 0 unspecified atom stereocenters. The van der Waals surface area contributed by atoms with Crippen molar-refractivity contribution in [1.29, 1.82) is 0 Å². The lowest BCUT2D eigenvalue weighted by Crippen LogP contribution is -2.29. The van der Waals surface area contributed by atoms with E-state index in [9.17, 15) is 14.7 Å². The van der Waals surface area contributed by atoms with Gasteiger partial charge < -0.3 is 19.4 Å². The first-order valence-corrected chi connectivity index (χ1v) is 8.72. The highest BCUT2D eigenvalue weighted by Gasteiger charge is 2.13. The second kappa shape index (κ2) is 9.55. The van der Waals surface area contributed by atoms with Gasteiger partial charge in [0.25, 0.3) is 5.91 Å². The van der Waals surface area contributed by atoms with Gasteiger partial charge in [-0.25, -0.2) is 5.43 Å². The average molecular weight is 383 g/mol. The molecular formula is C21H23N2O5-. The van der Waals surface area contributed by atoms with Crippen LogP contribution in [0.4, 0.5) is 0 Å². The Labute approximate surface area is 164 Å². The number of carbonyl (C=O) groups excluding carboxylic acids is 2. The molecule has 0 aliphatic rings. The van der Waals surface area contributed by atoms with Gasteiger partial charge in [-0.15, -0.1) is 0 Å². The van der Waals surface area contributed by atoms with Crippen LogP contribution in [-0.4, -0.2) is 31.3 Å². The second-order valence-corrected chi connectivity index (χ2v) is 7.05. The van der Waals surface area contributed by atoms with E-state index >= 15 is 0 Å². The molecule has 7 nitrogen and oxygen atoms in total. The Morgan fingerprint density at radius 2 is 1.71 bits per heavy atom. The highest BCUT2D eigenvalue weighted by molar-refractivity contribution is 5.85. The van der Waals surface area contributed by atoms with Crippen LogP contribution in [0.2, 0.25) is 0 Å². The van der Waals surface area contributed by atoms with Crippen LogP contribution < -0.4 is 20.0 Å². The van der Waals surface area contributed by atoms with E-state index < -0.39 is 18.5 Å². The molecule has 7 heteroatoms. The number of ether oxygens (including phenoxy) is 2. The van der Waals surface area contributed by atoms with Crippen molar-refractivity contribution in [2.45, 2.75) is 26.2 Å². The van der Waals surface area contributed by atoms with E-state index in [1.54, 1.807) is 24.3 Å². The number of benzene rings is 2. The molecule has 2 aromatic rings. The summed E-state index contributed by atoms with van der Waals surface area (Å²) in [4.78, 5) is 22.4. The minimum absolute atomic E-state index is 0.0472. The van der Waals surface area contributed by atoms with Crippen LogP contribution in [0.3, 0.4) is 0 Å². The van der Waals surface area contributed by atoms with Crippen molar-refractivity contribution in [3.8, 4) is 11.5 Å². The largest absolute Gasteiger partial charge is 0.546 e. The van der Waals surface area contributed by atoms with Crippen molar-refractivity contribution in [3.63, 3.8) is 0 Å². The number of hydrogen-bond donors (Lipinski definition) is 1. The topological polar surface area (TPSA) is 100 Å². The quantitative estimate of drug-likeness (QED) is 0.552. The highest BCUT2D eigenvalue weighted by atomic mass is 16.5. The standard InChI is InChI=1S/C21H24N2O5/c1-21(2,3)16-8-10-17(11-9-16)27-13-19(24)23-22-12-15-6-4-5-7-18(15)28-14-20(25)26/h4-12H,13-14H2,1-3H3,(H,23,24)(H,25,26)/p-1/b22-12-. The number of para-hydroxylation sites is 1. The van der Waals surface area contributed by atoms with Gasteiger partial charge in [-0.2, -0.15) is 5.10 Å². The molecule has 148 valence electrons. The Morgan fingerprint density at radius 1 is 1.04 bits per heavy atom. The average Bonchev–Trinajstić information content (AvgIpc) is 2.65. The van der Waals surface area contributed by atoms with Crippen LogP contribution in [0.5, 0.6) is 11.5 Å². The van der Waals surface area contributed by atoms with E-state index in [1.165, 1.54) is 11.8 Å². The molecule has 0 atom stereocenters. The molecule has 0 aliphatic heterocycles. The van der Waals surface area contributed by atoms with E-state index in [1.807, 2.05) is 24.3 Å². The van der Waals surface area contributed by atoms with Crippen molar-refractivity contribution in [3.05, 3.63) is 59.7 Å². The van der Waals surface area contributed by atoms with E-state index in [-0.39, 0.29) is 12.0 Å². The molecule has 0 aromatic heterocycles. The lowest BCUT2D eigenvalue weighted by atomic mass is 9.87. The van der Waals surface area contributed by atoms with Crippen molar-refractivity contribution in [2.75, 3.05) is 13.2 Å². The first-order chi connectivity index (χ1) is 13.3. The number of nitrogens with zero attached hydrogens (tertiary/aromatic N) is 1. The predicted octanol–water partition coefficient (Wildman–Crippen LogP) is 1.64. The molecule has 2 aromatic carbocycles. The molecule has 1 amide bonds. The van der Waals surface area contributed by atoms with Gasteiger partial charge in [0.15, 0.2) is 6.61 Å². The molecule has 0 radical (unpaired) electrons. The Morgan fingerprint density at radius 3 is 2.36 bits per heavy atom. The number of carbonyl (C=O) groups is 2. The van der Waals surface area contributed by atoms with E-state index in [2.05, 4.69) is 31.3 Å². The molecule has 0 bridgehead atoms. The number of amides is 1. The predicted molar refractivity (Wildman–Crippen MR) is 103 cm³/mol. The summed E-state index contributed by atoms with van der Waals surface area (Å²) in [7, 11) is 0. The van der Waals surface area contributed by atoms with Gasteiger partial charge in [-0.3, -0.25) is 4.79 Å². The summed E-state index contributed by atoms with van der Waals surface area (Å²) in [6, 6.07) is 14.3. The number of aliphatic carboxylic acids is 1. The van der Waals surface area contributed by atoms with Crippen LogP contribution in [0, 0.1) is 0 Å². The molecule has 28 heavy (non-hydrogen) atoms. The fourth-order valence-electron chi connectivity index (χ4n) is 2.26. The maximum absolute atomic E-state index is 11.9. The molecule has 1 N–H and O–H groups in total. The SMILES string of the molecule is CC(C)(C)c1ccc(OCC(=O)N/N=C\c2ccccc2OCC(=O)[O-])cc1. The summed E-state index contributed by atoms with van der Waals surface area (Å²) < 4.78 is 10.5. The summed E-state index contributed by atoms with van der Waals surface area (Å²) >= 11 is 0. The fourth-order valence-corrected chi connectivity index (χ4v) is 2.26. The van der Waals surface area contributed by atoms with Crippen molar-refractivity contribution in [1.82, 2.24) is 5.43 Å². The smallest absolute Gasteiger partial charge is 0.277 e. The Balaban J connectivity index is 1.85.